The fourth-order valence-corrected chi connectivity index (χ4v) is 3.99. The molecule has 6 heteroatoms. The van der Waals surface area contributed by atoms with Crippen LogP contribution in [-0.4, -0.2) is 36.5 Å². The van der Waals surface area contributed by atoms with E-state index in [4.69, 9.17) is 0 Å². The Morgan fingerprint density at radius 1 is 0.935 bits per heavy atom. The smallest absolute Gasteiger partial charge is 0.308 e. The van der Waals surface area contributed by atoms with E-state index >= 15 is 0 Å². The lowest BCUT2D eigenvalue weighted by Gasteiger charge is -2.35. The van der Waals surface area contributed by atoms with E-state index in [1.807, 2.05) is 42.1 Å². The summed E-state index contributed by atoms with van der Waals surface area (Å²) in [4.78, 5) is 4.04. The molecule has 0 bridgehead atoms. The Morgan fingerprint density at radius 3 is 2.16 bits per heavy atom. The number of alkyl halides is 3. The molecule has 0 aliphatic carbocycles. The fraction of sp³-hybridized carbons (Fsp3) is 0.520. The second-order valence-electron chi connectivity index (χ2n) is 8.89. The van der Waals surface area contributed by atoms with Crippen molar-refractivity contribution < 1.29 is 17.6 Å². The number of hydrogen-bond acceptors (Lipinski definition) is 2. The first-order valence-electron chi connectivity index (χ1n) is 10.8. The normalized spacial score (nSPS) is 13.4. The van der Waals surface area contributed by atoms with Crippen LogP contribution in [0.3, 0.4) is 0 Å². The van der Waals surface area contributed by atoms with Crippen LogP contribution in [0.1, 0.15) is 49.4 Å². The quantitative estimate of drug-likeness (QED) is 0.397. The molecule has 0 N–H and O–H groups in total. The molecule has 172 valence electrons. The topological polar surface area (TPSA) is 6.48 Å². The van der Waals surface area contributed by atoms with Gasteiger partial charge in [-0.15, -0.1) is 0 Å². The van der Waals surface area contributed by atoms with Gasteiger partial charge in [-0.3, -0.25) is 4.90 Å². The summed E-state index contributed by atoms with van der Waals surface area (Å²) in [5.74, 6) is -0.451. The van der Waals surface area contributed by atoms with Gasteiger partial charge in [-0.25, -0.2) is 4.39 Å². The van der Waals surface area contributed by atoms with E-state index in [0.717, 1.165) is 36.6 Å². The van der Waals surface area contributed by atoms with Crippen molar-refractivity contribution in [2.45, 2.75) is 58.9 Å². The number of hydrogen-bond donors (Lipinski definition) is 0. The first-order valence-corrected chi connectivity index (χ1v) is 10.8. The van der Waals surface area contributed by atoms with Gasteiger partial charge in [0.15, 0.2) is 0 Å². The highest BCUT2D eigenvalue weighted by molar-refractivity contribution is 5.31. The van der Waals surface area contributed by atoms with Crippen molar-refractivity contribution in [1.29, 1.82) is 0 Å². The summed E-state index contributed by atoms with van der Waals surface area (Å²) in [6, 6.07) is 11.3. The Hall–Kier alpha value is -1.92. The summed E-state index contributed by atoms with van der Waals surface area (Å²) < 4.78 is 55.5. The molecule has 0 saturated carbocycles. The van der Waals surface area contributed by atoms with Gasteiger partial charge in [0.2, 0.25) is 0 Å². The number of likely N-dealkylation sites (N-methyl/N-ethyl adjacent to an activating group) is 1. The molecule has 0 spiro atoms. The monoisotopic (exact) mass is 438 g/mol. The molecule has 0 fully saturated rings. The first-order chi connectivity index (χ1) is 14.5. The maximum atomic E-state index is 14.6. The molecule has 31 heavy (non-hydrogen) atoms. The lowest BCUT2D eigenvalue weighted by molar-refractivity contribution is -0.138. The van der Waals surface area contributed by atoms with Crippen molar-refractivity contribution in [3.05, 3.63) is 70.5 Å². The second kappa shape index (κ2) is 11.1. The molecule has 1 atom stereocenters. The second-order valence-corrected chi connectivity index (χ2v) is 8.89. The van der Waals surface area contributed by atoms with E-state index in [2.05, 4.69) is 26.8 Å². The minimum atomic E-state index is -4.60. The molecule has 2 aromatic rings. The van der Waals surface area contributed by atoms with Gasteiger partial charge in [-0.05, 0) is 56.1 Å². The third-order valence-corrected chi connectivity index (χ3v) is 5.41. The van der Waals surface area contributed by atoms with Gasteiger partial charge in [0, 0.05) is 31.2 Å². The molecular formula is C25H34F4N2. The van der Waals surface area contributed by atoms with Crippen LogP contribution < -0.4 is 0 Å². The molecule has 0 amide bonds. The standard InChI is InChI=1S/C25H34F4N2/c1-6-19-9-7-10-20(14-19)15-31(21(13-18(2)3)16-30(4)5)17-22-23(25(27,28)29)11-8-12-24(22)26/h7-12,14,18,21H,6,13,15-17H2,1-5H3/t21-/m0/s1. The van der Waals surface area contributed by atoms with Crippen LogP contribution in [-0.2, 0) is 25.7 Å². The number of aryl methyl sites for hydroxylation is 1. The fourth-order valence-electron chi connectivity index (χ4n) is 3.99. The number of benzene rings is 2. The van der Waals surface area contributed by atoms with Crippen molar-refractivity contribution in [1.82, 2.24) is 9.80 Å². The number of halogens is 4. The van der Waals surface area contributed by atoms with Crippen molar-refractivity contribution in [3.8, 4) is 0 Å². The molecule has 0 saturated heterocycles. The maximum Gasteiger partial charge on any atom is 0.416 e. The largest absolute Gasteiger partial charge is 0.416 e. The zero-order chi connectivity index (χ0) is 23.2. The van der Waals surface area contributed by atoms with Crippen LogP contribution in [0, 0.1) is 11.7 Å². The summed E-state index contributed by atoms with van der Waals surface area (Å²) in [7, 11) is 3.90. The van der Waals surface area contributed by atoms with E-state index in [9.17, 15) is 17.6 Å². The van der Waals surface area contributed by atoms with Crippen molar-refractivity contribution in [3.63, 3.8) is 0 Å². The molecule has 2 aromatic carbocycles. The van der Waals surface area contributed by atoms with Gasteiger partial charge in [0.05, 0.1) is 5.56 Å². The average molecular weight is 439 g/mol. The Balaban J connectivity index is 2.48. The summed E-state index contributed by atoms with van der Waals surface area (Å²) in [6.45, 7) is 7.32. The van der Waals surface area contributed by atoms with Gasteiger partial charge < -0.3 is 4.90 Å². The highest BCUT2D eigenvalue weighted by atomic mass is 19.4. The van der Waals surface area contributed by atoms with Gasteiger partial charge in [-0.2, -0.15) is 13.2 Å². The van der Waals surface area contributed by atoms with Crippen molar-refractivity contribution >= 4 is 0 Å². The van der Waals surface area contributed by atoms with Gasteiger partial charge in [-0.1, -0.05) is 51.1 Å². The highest BCUT2D eigenvalue weighted by Crippen LogP contribution is 2.34. The average Bonchev–Trinajstić information content (AvgIpc) is 2.67. The zero-order valence-electron chi connectivity index (χ0n) is 19.1. The van der Waals surface area contributed by atoms with Gasteiger partial charge in [0.1, 0.15) is 5.82 Å². The predicted octanol–water partition coefficient (Wildman–Crippen LogP) is 6.39. The first kappa shape index (κ1) is 25.3. The third-order valence-electron chi connectivity index (χ3n) is 5.41. The minimum Gasteiger partial charge on any atom is -0.308 e. The molecule has 0 aliphatic rings. The van der Waals surface area contributed by atoms with Crippen LogP contribution in [0.25, 0.3) is 0 Å². The molecule has 0 aromatic heterocycles. The molecule has 0 unspecified atom stereocenters. The van der Waals surface area contributed by atoms with Crippen LogP contribution in [0.2, 0.25) is 0 Å². The van der Waals surface area contributed by atoms with Crippen LogP contribution in [0.4, 0.5) is 17.6 Å². The van der Waals surface area contributed by atoms with Crippen LogP contribution >= 0.6 is 0 Å². The Kier molecular flexibility index (Phi) is 9.07. The Morgan fingerprint density at radius 2 is 1.58 bits per heavy atom. The SMILES string of the molecule is CCc1cccc(CN(Cc2c(F)cccc2C(F)(F)F)[C@@H](CC(C)C)CN(C)C)c1. The van der Waals surface area contributed by atoms with E-state index < -0.39 is 17.6 Å². The Bertz CT molecular complexity index is 821. The summed E-state index contributed by atoms with van der Waals surface area (Å²) in [5.41, 5.74) is 1.02. The zero-order valence-corrected chi connectivity index (χ0v) is 19.1. The molecule has 0 radical (unpaired) electrons. The van der Waals surface area contributed by atoms with Crippen molar-refractivity contribution in [2.24, 2.45) is 5.92 Å². The van der Waals surface area contributed by atoms with Crippen LogP contribution in [0.5, 0.6) is 0 Å². The Labute approximate surface area is 183 Å². The van der Waals surface area contributed by atoms with E-state index in [1.165, 1.54) is 5.56 Å². The van der Waals surface area contributed by atoms with Gasteiger partial charge in [0.25, 0.3) is 0 Å². The molecular weight excluding hydrogens is 404 g/mol. The van der Waals surface area contributed by atoms with E-state index in [-0.39, 0.29) is 18.2 Å². The highest BCUT2D eigenvalue weighted by Gasteiger charge is 2.35. The van der Waals surface area contributed by atoms with Gasteiger partial charge >= 0.3 is 6.18 Å². The van der Waals surface area contributed by atoms with Crippen molar-refractivity contribution in [2.75, 3.05) is 20.6 Å². The summed E-state index contributed by atoms with van der Waals surface area (Å²) in [6.07, 6.45) is -2.91. The molecule has 2 nitrogen and oxygen atoms in total. The minimum absolute atomic E-state index is 0.0130. The summed E-state index contributed by atoms with van der Waals surface area (Å²) in [5, 5.41) is 0. The van der Waals surface area contributed by atoms with E-state index in [0.29, 0.717) is 19.0 Å². The molecule has 0 heterocycles. The maximum absolute atomic E-state index is 14.6. The number of nitrogens with zero attached hydrogens (tertiary/aromatic N) is 2. The number of rotatable bonds is 10. The third kappa shape index (κ3) is 7.62. The van der Waals surface area contributed by atoms with E-state index in [1.54, 1.807) is 0 Å². The molecule has 0 aliphatic heterocycles. The lowest BCUT2D eigenvalue weighted by Crippen LogP contribution is -2.42. The summed E-state index contributed by atoms with van der Waals surface area (Å²) >= 11 is 0. The lowest BCUT2D eigenvalue weighted by atomic mass is 9.98. The predicted molar refractivity (Wildman–Crippen MR) is 118 cm³/mol. The molecule has 2 rings (SSSR count). The van der Waals surface area contributed by atoms with Crippen LogP contribution in [0.15, 0.2) is 42.5 Å².